The molecular formula is C14H10F2N2. The van der Waals surface area contributed by atoms with Crippen molar-refractivity contribution in [3.63, 3.8) is 0 Å². The monoisotopic (exact) mass is 244 g/mol. The number of hydrogen-bond donors (Lipinski definition) is 0. The second-order valence-corrected chi connectivity index (χ2v) is 4.15. The van der Waals surface area contributed by atoms with E-state index in [0.29, 0.717) is 5.56 Å². The molecule has 0 N–H and O–H groups in total. The summed E-state index contributed by atoms with van der Waals surface area (Å²) in [6, 6.07) is 7.66. The van der Waals surface area contributed by atoms with Crippen molar-refractivity contribution >= 4 is 5.52 Å². The summed E-state index contributed by atoms with van der Waals surface area (Å²) in [7, 11) is 0. The number of rotatable bonds is 1. The second-order valence-electron chi connectivity index (χ2n) is 4.15. The SMILES string of the molecule is Cc1ncc2ccc(-c3ccc(F)c(F)c3)cn12. The molecule has 0 amide bonds. The van der Waals surface area contributed by atoms with Crippen LogP contribution in [0.5, 0.6) is 0 Å². The lowest BCUT2D eigenvalue weighted by Gasteiger charge is -2.04. The number of halogens is 2. The summed E-state index contributed by atoms with van der Waals surface area (Å²) in [4.78, 5) is 4.19. The summed E-state index contributed by atoms with van der Waals surface area (Å²) < 4.78 is 28.0. The molecule has 0 saturated heterocycles. The van der Waals surface area contributed by atoms with Crippen LogP contribution in [-0.4, -0.2) is 9.38 Å². The topological polar surface area (TPSA) is 17.3 Å². The number of pyridine rings is 1. The first kappa shape index (κ1) is 10.9. The van der Waals surface area contributed by atoms with E-state index in [1.165, 1.54) is 6.07 Å². The molecule has 1 aromatic carbocycles. The lowest BCUT2D eigenvalue weighted by atomic mass is 10.1. The summed E-state index contributed by atoms with van der Waals surface area (Å²) in [6.45, 7) is 1.89. The Labute approximate surface area is 103 Å². The summed E-state index contributed by atoms with van der Waals surface area (Å²) in [5.74, 6) is -0.817. The van der Waals surface area contributed by atoms with Crippen LogP contribution in [0.3, 0.4) is 0 Å². The van der Waals surface area contributed by atoms with Crippen LogP contribution in [0.4, 0.5) is 8.78 Å². The number of aromatic nitrogens is 2. The molecule has 0 unspecified atom stereocenters. The summed E-state index contributed by atoms with van der Waals surface area (Å²) in [5, 5.41) is 0. The molecule has 3 rings (SSSR count). The van der Waals surface area contributed by atoms with Crippen LogP contribution in [-0.2, 0) is 0 Å². The molecule has 0 atom stereocenters. The zero-order valence-electron chi connectivity index (χ0n) is 9.69. The highest BCUT2D eigenvalue weighted by Crippen LogP contribution is 2.22. The van der Waals surface area contributed by atoms with Gasteiger partial charge in [-0.25, -0.2) is 13.8 Å². The first-order chi connectivity index (χ1) is 8.65. The number of nitrogens with zero attached hydrogens (tertiary/aromatic N) is 2. The lowest BCUT2D eigenvalue weighted by molar-refractivity contribution is 0.509. The first-order valence-electron chi connectivity index (χ1n) is 5.54. The van der Waals surface area contributed by atoms with Gasteiger partial charge in [0.05, 0.1) is 11.7 Å². The van der Waals surface area contributed by atoms with Crippen molar-refractivity contribution in [1.29, 1.82) is 0 Å². The van der Waals surface area contributed by atoms with Crippen molar-refractivity contribution in [2.75, 3.05) is 0 Å². The average Bonchev–Trinajstić information content (AvgIpc) is 2.74. The molecule has 0 saturated carbocycles. The van der Waals surface area contributed by atoms with E-state index in [2.05, 4.69) is 4.98 Å². The fraction of sp³-hybridized carbons (Fsp3) is 0.0714. The highest BCUT2D eigenvalue weighted by atomic mass is 19.2. The van der Waals surface area contributed by atoms with E-state index < -0.39 is 11.6 Å². The number of aryl methyl sites for hydroxylation is 1. The van der Waals surface area contributed by atoms with E-state index in [0.717, 1.165) is 23.0 Å². The standard InChI is InChI=1S/C14H10F2N2/c1-9-17-7-12-4-2-11(8-18(9)12)10-3-5-13(15)14(16)6-10/h2-8H,1H3. The van der Waals surface area contributed by atoms with Crippen LogP contribution in [0.1, 0.15) is 5.82 Å². The van der Waals surface area contributed by atoms with Crippen LogP contribution in [0.25, 0.3) is 16.6 Å². The molecule has 2 aromatic heterocycles. The first-order valence-corrected chi connectivity index (χ1v) is 5.54. The Morgan fingerprint density at radius 2 is 1.78 bits per heavy atom. The Kier molecular flexibility index (Phi) is 2.37. The minimum absolute atomic E-state index is 0.643. The highest BCUT2D eigenvalue weighted by Gasteiger charge is 2.06. The van der Waals surface area contributed by atoms with Crippen LogP contribution >= 0.6 is 0 Å². The molecule has 3 aromatic rings. The van der Waals surface area contributed by atoms with Gasteiger partial charge in [0.25, 0.3) is 0 Å². The molecule has 0 aliphatic carbocycles. The van der Waals surface area contributed by atoms with Gasteiger partial charge in [-0.3, -0.25) is 0 Å². The van der Waals surface area contributed by atoms with Crippen LogP contribution in [0, 0.1) is 18.6 Å². The Hall–Kier alpha value is -2.23. The Balaban J connectivity index is 2.18. The van der Waals surface area contributed by atoms with Gasteiger partial charge in [0.15, 0.2) is 11.6 Å². The van der Waals surface area contributed by atoms with Gasteiger partial charge < -0.3 is 4.40 Å². The normalized spacial score (nSPS) is 11.1. The highest BCUT2D eigenvalue weighted by molar-refractivity contribution is 5.65. The molecule has 18 heavy (non-hydrogen) atoms. The van der Waals surface area contributed by atoms with E-state index in [9.17, 15) is 8.78 Å². The molecule has 4 heteroatoms. The number of fused-ring (bicyclic) bond motifs is 1. The Bertz CT molecular complexity index is 732. The Morgan fingerprint density at radius 3 is 2.56 bits per heavy atom. The number of hydrogen-bond acceptors (Lipinski definition) is 1. The van der Waals surface area contributed by atoms with Gasteiger partial charge in [0, 0.05) is 6.20 Å². The van der Waals surface area contributed by atoms with E-state index in [1.54, 1.807) is 12.3 Å². The number of imidazole rings is 1. The van der Waals surface area contributed by atoms with Crippen LogP contribution in [0.15, 0.2) is 42.7 Å². The largest absolute Gasteiger partial charge is 0.303 e. The van der Waals surface area contributed by atoms with E-state index in [4.69, 9.17) is 0 Å². The van der Waals surface area contributed by atoms with Crippen molar-refractivity contribution in [1.82, 2.24) is 9.38 Å². The molecule has 0 spiro atoms. The van der Waals surface area contributed by atoms with Crippen molar-refractivity contribution < 1.29 is 8.78 Å². The summed E-state index contributed by atoms with van der Waals surface area (Å²) >= 11 is 0. The third-order valence-electron chi connectivity index (χ3n) is 2.97. The van der Waals surface area contributed by atoms with Crippen molar-refractivity contribution in [2.24, 2.45) is 0 Å². The second kappa shape index (κ2) is 3.91. The third-order valence-corrected chi connectivity index (χ3v) is 2.97. The van der Waals surface area contributed by atoms with E-state index >= 15 is 0 Å². The van der Waals surface area contributed by atoms with Crippen molar-refractivity contribution in [3.05, 3.63) is 60.2 Å². The third kappa shape index (κ3) is 1.66. The Morgan fingerprint density at radius 1 is 1.00 bits per heavy atom. The maximum Gasteiger partial charge on any atom is 0.159 e. The van der Waals surface area contributed by atoms with E-state index in [-0.39, 0.29) is 0 Å². The quantitative estimate of drug-likeness (QED) is 0.639. The predicted octanol–water partition coefficient (Wildman–Crippen LogP) is 3.59. The van der Waals surface area contributed by atoms with Crippen LogP contribution < -0.4 is 0 Å². The zero-order chi connectivity index (χ0) is 12.7. The fourth-order valence-electron chi connectivity index (χ4n) is 1.97. The minimum Gasteiger partial charge on any atom is -0.303 e. The lowest BCUT2D eigenvalue weighted by Crippen LogP contribution is -1.90. The predicted molar refractivity (Wildman–Crippen MR) is 65.3 cm³/mol. The molecule has 0 radical (unpaired) electrons. The number of benzene rings is 1. The van der Waals surface area contributed by atoms with Gasteiger partial charge in [-0.15, -0.1) is 0 Å². The summed E-state index contributed by atoms with van der Waals surface area (Å²) in [5.41, 5.74) is 2.44. The molecule has 2 nitrogen and oxygen atoms in total. The van der Waals surface area contributed by atoms with Crippen molar-refractivity contribution in [3.8, 4) is 11.1 Å². The molecular weight excluding hydrogens is 234 g/mol. The molecule has 0 bridgehead atoms. The molecule has 2 heterocycles. The van der Waals surface area contributed by atoms with Gasteiger partial charge >= 0.3 is 0 Å². The smallest absolute Gasteiger partial charge is 0.159 e. The molecule has 90 valence electrons. The van der Waals surface area contributed by atoms with Crippen molar-refractivity contribution in [2.45, 2.75) is 6.92 Å². The molecule has 0 aliphatic heterocycles. The van der Waals surface area contributed by atoms with Gasteiger partial charge in [-0.05, 0) is 36.2 Å². The fourth-order valence-corrected chi connectivity index (χ4v) is 1.97. The minimum atomic E-state index is -0.838. The van der Waals surface area contributed by atoms with Crippen LogP contribution in [0.2, 0.25) is 0 Å². The van der Waals surface area contributed by atoms with E-state index in [1.807, 2.05) is 29.7 Å². The average molecular weight is 244 g/mol. The maximum absolute atomic E-state index is 13.2. The van der Waals surface area contributed by atoms with Gasteiger partial charge in [0.1, 0.15) is 5.82 Å². The van der Waals surface area contributed by atoms with Gasteiger partial charge in [-0.2, -0.15) is 0 Å². The summed E-state index contributed by atoms with van der Waals surface area (Å²) in [6.07, 6.45) is 3.63. The van der Waals surface area contributed by atoms with Gasteiger partial charge in [0.2, 0.25) is 0 Å². The molecule has 0 aliphatic rings. The maximum atomic E-state index is 13.2. The molecule has 0 fully saturated rings. The van der Waals surface area contributed by atoms with Gasteiger partial charge in [-0.1, -0.05) is 12.1 Å². The zero-order valence-corrected chi connectivity index (χ0v) is 9.69.